The van der Waals surface area contributed by atoms with Crippen molar-refractivity contribution in [3.8, 4) is 0 Å². The number of esters is 1. The lowest BCUT2D eigenvalue weighted by Gasteiger charge is -2.43. The number of hydrogen-bond donors (Lipinski definition) is 1. The van der Waals surface area contributed by atoms with Gasteiger partial charge in [0.05, 0.1) is 0 Å². The summed E-state index contributed by atoms with van der Waals surface area (Å²) in [5, 5.41) is 9.47. The van der Waals surface area contributed by atoms with E-state index in [0.717, 1.165) is 0 Å². The molecule has 9 heteroatoms. The van der Waals surface area contributed by atoms with Crippen LogP contribution in [0.5, 0.6) is 0 Å². The molecule has 2 unspecified atom stereocenters. The highest BCUT2D eigenvalue weighted by Crippen LogP contribution is 2.52. The Morgan fingerprint density at radius 2 is 1.55 bits per heavy atom. The Morgan fingerprint density at radius 3 is 1.95 bits per heavy atom. The number of rotatable bonds is 3. The number of halogens is 6. The number of aliphatic hydroxyl groups is 1. The molecule has 0 saturated heterocycles. The minimum Gasteiger partial charge on any atom is -0.459 e. The molecule has 22 heavy (non-hydrogen) atoms. The first-order valence-electron chi connectivity index (χ1n) is 6.54. The molecule has 3 nitrogen and oxygen atoms in total. The van der Waals surface area contributed by atoms with Gasteiger partial charge in [0.1, 0.15) is 6.10 Å². The molecule has 0 amide bonds. The summed E-state index contributed by atoms with van der Waals surface area (Å²) in [6.45, 7) is 4.45. The molecule has 2 atom stereocenters. The lowest BCUT2D eigenvalue weighted by molar-refractivity contribution is -0.393. The fourth-order valence-corrected chi connectivity index (χ4v) is 2.54. The number of carbonyl (C=O) groups is 1. The van der Waals surface area contributed by atoms with Crippen molar-refractivity contribution in [2.45, 2.75) is 56.7 Å². The maximum atomic E-state index is 12.9. The third kappa shape index (κ3) is 3.39. The van der Waals surface area contributed by atoms with Crippen LogP contribution in [0.25, 0.3) is 0 Å². The molecule has 1 aliphatic rings. The smallest absolute Gasteiger partial charge is 0.426 e. The first kappa shape index (κ1) is 18.8. The fourth-order valence-electron chi connectivity index (χ4n) is 2.54. The summed E-state index contributed by atoms with van der Waals surface area (Å²) in [5.74, 6) is -3.38. The van der Waals surface area contributed by atoms with E-state index in [1.54, 1.807) is 0 Å². The van der Waals surface area contributed by atoms with Crippen LogP contribution in [0, 0.1) is 5.92 Å². The van der Waals surface area contributed by atoms with Gasteiger partial charge in [-0.2, -0.15) is 26.3 Å². The van der Waals surface area contributed by atoms with Crippen molar-refractivity contribution in [1.82, 2.24) is 0 Å². The van der Waals surface area contributed by atoms with Crippen molar-refractivity contribution in [3.05, 3.63) is 12.2 Å². The van der Waals surface area contributed by atoms with E-state index in [1.807, 2.05) is 0 Å². The SMILES string of the molecule is C=C(C)C(=O)OC1CCCCC1C(O)(C(F)(F)F)C(F)(F)F. The lowest BCUT2D eigenvalue weighted by atomic mass is 9.74. The van der Waals surface area contributed by atoms with E-state index >= 15 is 0 Å². The second kappa shape index (κ2) is 6.10. The Morgan fingerprint density at radius 1 is 1.09 bits per heavy atom. The van der Waals surface area contributed by atoms with E-state index in [1.165, 1.54) is 6.92 Å². The quantitative estimate of drug-likeness (QED) is 0.488. The van der Waals surface area contributed by atoms with Gasteiger partial charge < -0.3 is 9.84 Å². The summed E-state index contributed by atoms with van der Waals surface area (Å²) in [4.78, 5) is 11.4. The van der Waals surface area contributed by atoms with Crippen molar-refractivity contribution < 1.29 is 41.0 Å². The molecule has 0 bridgehead atoms. The molecule has 0 aromatic rings. The minimum atomic E-state index is -5.93. The summed E-state index contributed by atoms with van der Waals surface area (Å²) in [5.41, 5.74) is -5.06. The first-order valence-corrected chi connectivity index (χ1v) is 6.54. The van der Waals surface area contributed by atoms with Crippen LogP contribution in [0.1, 0.15) is 32.6 Å². The van der Waals surface area contributed by atoms with Gasteiger partial charge in [0.25, 0.3) is 5.60 Å². The monoisotopic (exact) mass is 334 g/mol. The Kier molecular flexibility index (Phi) is 5.21. The van der Waals surface area contributed by atoms with Crippen molar-refractivity contribution in [2.75, 3.05) is 0 Å². The van der Waals surface area contributed by atoms with Crippen molar-refractivity contribution >= 4 is 5.97 Å². The summed E-state index contributed by atoms with van der Waals surface area (Å²) in [6, 6.07) is 0. The predicted octanol–water partition coefficient (Wildman–Crippen LogP) is 3.52. The molecule has 0 radical (unpaired) electrons. The lowest BCUT2D eigenvalue weighted by Crippen LogP contribution is -2.65. The average Bonchev–Trinajstić information content (AvgIpc) is 2.35. The maximum Gasteiger partial charge on any atom is 0.426 e. The number of hydrogen-bond acceptors (Lipinski definition) is 3. The molecule has 128 valence electrons. The zero-order valence-corrected chi connectivity index (χ0v) is 11.7. The fraction of sp³-hybridized carbons (Fsp3) is 0.769. The predicted molar refractivity (Wildman–Crippen MR) is 63.7 cm³/mol. The zero-order chi connectivity index (χ0) is 17.3. The summed E-state index contributed by atoms with van der Waals surface area (Å²) < 4.78 is 82.3. The van der Waals surface area contributed by atoms with Crippen LogP contribution < -0.4 is 0 Å². The molecule has 0 aromatic heterocycles. The van der Waals surface area contributed by atoms with Gasteiger partial charge >= 0.3 is 18.3 Å². The summed E-state index contributed by atoms with van der Waals surface area (Å²) in [7, 11) is 0. The number of carbonyl (C=O) groups excluding carboxylic acids is 1. The Labute approximate surface area is 122 Å². The van der Waals surface area contributed by atoms with Crippen LogP contribution >= 0.6 is 0 Å². The van der Waals surface area contributed by atoms with Crippen LogP contribution in [-0.4, -0.2) is 35.1 Å². The van der Waals surface area contributed by atoms with E-state index in [4.69, 9.17) is 4.74 Å². The topological polar surface area (TPSA) is 46.5 Å². The summed E-state index contributed by atoms with van der Waals surface area (Å²) >= 11 is 0. The van der Waals surface area contributed by atoms with Gasteiger partial charge in [0, 0.05) is 11.5 Å². The van der Waals surface area contributed by atoms with Crippen LogP contribution in [0.3, 0.4) is 0 Å². The highest BCUT2D eigenvalue weighted by atomic mass is 19.4. The molecule has 1 saturated carbocycles. The van der Waals surface area contributed by atoms with Crippen LogP contribution in [-0.2, 0) is 9.53 Å². The van der Waals surface area contributed by atoms with Gasteiger partial charge in [0.15, 0.2) is 0 Å². The second-order valence-corrected chi connectivity index (χ2v) is 5.38. The molecule has 1 fully saturated rings. The Hall–Kier alpha value is -1.25. The Bertz CT molecular complexity index is 426. The molecule has 0 aromatic carbocycles. The third-order valence-corrected chi connectivity index (χ3v) is 3.71. The van der Waals surface area contributed by atoms with Gasteiger partial charge in [-0.15, -0.1) is 0 Å². The van der Waals surface area contributed by atoms with Crippen LogP contribution in [0.4, 0.5) is 26.3 Å². The van der Waals surface area contributed by atoms with Crippen molar-refractivity contribution in [2.24, 2.45) is 5.92 Å². The van der Waals surface area contributed by atoms with E-state index in [9.17, 15) is 36.2 Å². The zero-order valence-electron chi connectivity index (χ0n) is 11.7. The molecule has 1 rings (SSSR count). The van der Waals surface area contributed by atoms with Gasteiger partial charge in [0.2, 0.25) is 0 Å². The number of ether oxygens (including phenoxy) is 1. The van der Waals surface area contributed by atoms with E-state index in [2.05, 4.69) is 6.58 Å². The minimum absolute atomic E-state index is 0.0697. The second-order valence-electron chi connectivity index (χ2n) is 5.38. The Balaban J connectivity index is 3.20. The van der Waals surface area contributed by atoms with Gasteiger partial charge in [-0.25, -0.2) is 4.79 Å². The van der Waals surface area contributed by atoms with Crippen LogP contribution in [0.15, 0.2) is 12.2 Å². The van der Waals surface area contributed by atoms with Crippen molar-refractivity contribution in [3.63, 3.8) is 0 Å². The average molecular weight is 334 g/mol. The molecular formula is C13H16F6O3. The summed E-state index contributed by atoms with van der Waals surface area (Å²) in [6.07, 6.45) is -13.9. The molecular weight excluding hydrogens is 318 g/mol. The number of alkyl halides is 6. The highest BCUT2D eigenvalue weighted by Gasteiger charge is 2.75. The maximum absolute atomic E-state index is 12.9. The van der Waals surface area contributed by atoms with E-state index < -0.39 is 42.4 Å². The molecule has 0 heterocycles. The van der Waals surface area contributed by atoms with Crippen LogP contribution in [0.2, 0.25) is 0 Å². The van der Waals surface area contributed by atoms with E-state index in [-0.39, 0.29) is 18.4 Å². The molecule has 1 N–H and O–H groups in total. The normalized spacial score (nSPS) is 24.0. The molecule has 1 aliphatic carbocycles. The van der Waals surface area contributed by atoms with Crippen molar-refractivity contribution in [1.29, 1.82) is 0 Å². The van der Waals surface area contributed by atoms with E-state index in [0.29, 0.717) is 6.42 Å². The largest absolute Gasteiger partial charge is 0.459 e. The first-order chi connectivity index (χ1) is 9.82. The standard InChI is InChI=1S/C13H16F6O3/c1-7(2)10(20)22-9-6-4-3-5-8(9)11(21,12(14,15)16)13(17,18)19/h8-9,21H,1,3-6H2,2H3. The van der Waals surface area contributed by atoms with Gasteiger partial charge in [-0.05, 0) is 26.2 Å². The third-order valence-electron chi connectivity index (χ3n) is 3.71. The highest BCUT2D eigenvalue weighted by molar-refractivity contribution is 5.87. The van der Waals surface area contributed by atoms with Gasteiger partial charge in [-0.1, -0.05) is 13.0 Å². The molecule has 0 spiro atoms. The van der Waals surface area contributed by atoms with Gasteiger partial charge in [-0.3, -0.25) is 0 Å². The molecule has 0 aliphatic heterocycles.